The Bertz CT molecular complexity index is 438. The van der Waals surface area contributed by atoms with Crippen LogP contribution in [-0.2, 0) is 0 Å². The fourth-order valence-corrected chi connectivity index (χ4v) is 2.61. The summed E-state index contributed by atoms with van der Waals surface area (Å²) in [6.07, 6.45) is 1.97. The lowest BCUT2D eigenvalue weighted by molar-refractivity contribution is 0.359. The molecule has 1 fully saturated rings. The highest BCUT2D eigenvalue weighted by Crippen LogP contribution is 2.26. The van der Waals surface area contributed by atoms with E-state index in [2.05, 4.69) is 40.8 Å². The lowest BCUT2D eigenvalue weighted by Gasteiger charge is -2.18. The molecule has 1 saturated heterocycles. The number of hydrogen-bond donors (Lipinski definition) is 0. The zero-order chi connectivity index (χ0) is 11.7. The Labute approximate surface area is 102 Å². The van der Waals surface area contributed by atoms with Crippen molar-refractivity contribution in [2.24, 2.45) is 11.0 Å². The third-order valence-electron chi connectivity index (χ3n) is 3.42. The molecule has 1 aromatic rings. The number of anilines is 1. The molecule has 0 aromatic heterocycles. The molecule has 17 heavy (non-hydrogen) atoms. The Morgan fingerprint density at radius 2 is 2.12 bits per heavy atom. The SMILES string of the molecule is C=CCN1CC2=NN(c3ccccc3)C[C@H]2C1. The number of benzene rings is 1. The summed E-state index contributed by atoms with van der Waals surface area (Å²) in [4.78, 5) is 2.40. The molecule has 0 spiro atoms. The fraction of sp³-hybridized carbons (Fsp3) is 0.357. The van der Waals surface area contributed by atoms with Gasteiger partial charge in [-0.05, 0) is 12.1 Å². The summed E-state index contributed by atoms with van der Waals surface area (Å²) in [6, 6.07) is 10.4. The minimum Gasteiger partial charge on any atom is -0.293 e. The van der Waals surface area contributed by atoms with Crippen molar-refractivity contribution in [3.05, 3.63) is 43.0 Å². The smallest absolute Gasteiger partial charge is 0.0594 e. The lowest BCUT2D eigenvalue weighted by Crippen LogP contribution is -2.25. The number of fused-ring (bicyclic) bond motifs is 1. The van der Waals surface area contributed by atoms with Crippen LogP contribution in [0.4, 0.5) is 5.69 Å². The van der Waals surface area contributed by atoms with Gasteiger partial charge in [0.15, 0.2) is 0 Å². The molecule has 0 aliphatic carbocycles. The Hall–Kier alpha value is -1.61. The van der Waals surface area contributed by atoms with Gasteiger partial charge in [-0.3, -0.25) is 9.91 Å². The highest BCUT2D eigenvalue weighted by Gasteiger charge is 2.34. The van der Waals surface area contributed by atoms with Crippen LogP contribution in [-0.4, -0.2) is 36.8 Å². The van der Waals surface area contributed by atoms with Crippen LogP contribution in [0.5, 0.6) is 0 Å². The third-order valence-corrected chi connectivity index (χ3v) is 3.42. The fourth-order valence-electron chi connectivity index (χ4n) is 2.61. The third kappa shape index (κ3) is 1.98. The predicted molar refractivity (Wildman–Crippen MR) is 71.4 cm³/mol. The van der Waals surface area contributed by atoms with E-state index in [-0.39, 0.29) is 0 Å². The summed E-state index contributed by atoms with van der Waals surface area (Å²) >= 11 is 0. The summed E-state index contributed by atoms with van der Waals surface area (Å²) in [5, 5.41) is 6.86. The maximum atomic E-state index is 4.73. The number of likely N-dealkylation sites (tertiary alicyclic amines) is 1. The molecule has 2 heterocycles. The Balaban J connectivity index is 1.73. The molecular weight excluding hydrogens is 210 g/mol. The van der Waals surface area contributed by atoms with E-state index in [4.69, 9.17) is 5.10 Å². The van der Waals surface area contributed by atoms with Crippen molar-refractivity contribution < 1.29 is 0 Å². The highest BCUT2D eigenvalue weighted by molar-refractivity contribution is 5.93. The summed E-state index contributed by atoms with van der Waals surface area (Å²) < 4.78 is 0. The molecule has 3 heteroatoms. The van der Waals surface area contributed by atoms with E-state index in [0.29, 0.717) is 5.92 Å². The highest BCUT2D eigenvalue weighted by atomic mass is 15.5. The van der Waals surface area contributed by atoms with Gasteiger partial charge in [0.25, 0.3) is 0 Å². The molecule has 0 radical (unpaired) electrons. The zero-order valence-electron chi connectivity index (χ0n) is 9.92. The predicted octanol–water partition coefficient (Wildman–Crippen LogP) is 1.98. The maximum Gasteiger partial charge on any atom is 0.0594 e. The second-order valence-electron chi connectivity index (χ2n) is 4.69. The minimum absolute atomic E-state index is 0.607. The van der Waals surface area contributed by atoms with Crippen LogP contribution in [0, 0.1) is 5.92 Å². The first-order valence-corrected chi connectivity index (χ1v) is 6.10. The molecule has 0 saturated carbocycles. The van der Waals surface area contributed by atoms with Crippen LogP contribution >= 0.6 is 0 Å². The van der Waals surface area contributed by atoms with Crippen molar-refractivity contribution in [3.8, 4) is 0 Å². The van der Waals surface area contributed by atoms with Gasteiger partial charge in [0.2, 0.25) is 0 Å². The van der Waals surface area contributed by atoms with Crippen LogP contribution in [0.3, 0.4) is 0 Å². The van der Waals surface area contributed by atoms with E-state index < -0.39 is 0 Å². The second-order valence-corrected chi connectivity index (χ2v) is 4.69. The van der Waals surface area contributed by atoms with Gasteiger partial charge in [0, 0.05) is 25.6 Å². The monoisotopic (exact) mass is 227 g/mol. The van der Waals surface area contributed by atoms with Crippen molar-refractivity contribution in [1.29, 1.82) is 0 Å². The summed E-state index contributed by atoms with van der Waals surface area (Å²) in [5.74, 6) is 0.607. The van der Waals surface area contributed by atoms with E-state index in [1.165, 1.54) is 11.4 Å². The van der Waals surface area contributed by atoms with Gasteiger partial charge in [0.1, 0.15) is 0 Å². The average Bonchev–Trinajstić information content (AvgIpc) is 2.88. The number of nitrogens with zero attached hydrogens (tertiary/aromatic N) is 3. The summed E-state index contributed by atoms with van der Waals surface area (Å²) in [5.41, 5.74) is 2.53. The lowest BCUT2D eigenvalue weighted by atomic mass is 10.1. The van der Waals surface area contributed by atoms with Gasteiger partial charge in [-0.1, -0.05) is 24.3 Å². The Kier molecular flexibility index (Phi) is 2.69. The Morgan fingerprint density at radius 1 is 1.29 bits per heavy atom. The van der Waals surface area contributed by atoms with Gasteiger partial charge < -0.3 is 0 Å². The Morgan fingerprint density at radius 3 is 2.82 bits per heavy atom. The molecule has 0 unspecified atom stereocenters. The molecule has 2 aliphatic heterocycles. The van der Waals surface area contributed by atoms with Crippen LogP contribution in [0.25, 0.3) is 0 Å². The number of para-hydroxylation sites is 1. The van der Waals surface area contributed by atoms with Crippen molar-refractivity contribution >= 4 is 11.4 Å². The van der Waals surface area contributed by atoms with Crippen molar-refractivity contribution in [1.82, 2.24) is 4.90 Å². The van der Waals surface area contributed by atoms with Crippen LogP contribution in [0.2, 0.25) is 0 Å². The van der Waals surface area contributed by atoms with Gasteiger partial charge in [0.05, 0.1) is 17.9 Å². The largest absolute Gasteiger partial charge is 0.293 e. The van der Waals surface area contributed by atoms with Crippen molar-refractivity contribution in [3.63, 3.8) is 0 Å². The van der Waals surface area contributed by atoms with Gasteiger partial charge >= 0.3 is 0 Å². The molecule has 3 nitrogen and oxygen atoms in total. The molecule has 0 bridgehead atoms. The van der Waals surface area contributed by atoms with Crippen LogP contribution < -0.4 is 5.01 Å². The molecule has 2 aliphatic rings. The quantitative estimate of drug-likeness (QED) is 0.735. The first kappa shape index (κ1) is 10.5. The topological polar surface area (TPSA) is 18.8 Å². The first-order chi connectivity index (χ1) is 8.36. The summed E-state index contributed by atoms with van der Waals surface area (Å²) in [6.45, 7) is 7.90. The van der Waals surface area contributed by atoms with Gasteiger partial charge in [-0.2, -0.15) is 5.10 Å². The molecule has 88 valence electrons. The molecule has 0 amide bonds. The van der Waals surface area contributed by atoms with E-state index in [9.17, 15) is 0 Å². The van der Waals surface area contributed by atoms with Crippen LogP contribution in [0.15, 0.2) is 48.1 Å². The van der Waals surface area contributed by atoms with E-state index in [1.54, 1.807) is 0 Å². The van der Waals surface area contributed by atoms with E-state index in [0.717, 1.165) is 26.2 Å². The molecular formula is C14H17N3. The van der Waals surface area contributed by atoms with Crippen molar-refractivity contribution in [2.45, 2.75) is 0 Å². The molecule has 1 atom stereocenters. The maximum absolute atomic E-state index is 4.73. The van der Waals surface area contributed by atoms with Crippen molar-refractivity contribution in [2.75, 3.05) is 31.2 Å². The molecule has 0 N–H and O–H groups in total. The minimum atomic E-state index is 0.607. The standard InChI is InChI=1S/C14H17N3/c1-2-8-16-9-12-10-17(15-14(12)11-16)13-6-4-3-5-7-13/h2-7,12H,1,8-11H2/t12-/m1/s1. The normalized spacial score (nSPS) is 23.6. The van der Waals surface area contributed by atoms with Gasteiger partial charge in [-0.25, -0.2) is 0 Å². The number of hydrazone groups is 1. The first-order valence-electron chi connectivity index (χ1n) is 6.10. The molecule has 3 rings (SSSR count). The number of hydrogen-bond acceptors (Lipinski definition) is 3. The number of rotatable bonds is 3. The van der Waals surface area contributed by atoms with E-state index in [1.807, 2.05) is 12.1 Å². The van der Waals surface area contributed by atoms with E-state index >= 15 is 0 Å². The summed E-state index contributed by atoms with van der Waals surface area (Å²) in [7, 11) is 0. The average molecular weight is 227 g/mol. The molecule has 1 aromatic carbocycles. The van der Waals surface area contributed by atoms with Gasteiger partial charge in [-0.15, -0.1) is 6.58 Å². The second kappa shape index (κ2) is 4.34. The van der Waals surface area contributed by atoms with Crippen LogP contribution in [0.1, 0.15) is 0 Å². The zero-order valence-corrected chi connectivity index (χ0v) is 9.92.